The molecule has 1 aromatic rings. The molecule has 1 N–H and O–H groups in total. The predicted molar refractivity (Wildman–Crippen MR) is 85.4 cm³/mol. The summed E-state index contributed by atoms with van der Waals surface area (Å²) in [4.78, 5) is 2.33. The Morgan fingerprint density at radius 3 is 2.81 bits per heavy atom. The molecule has 2 unspecified atom stereocenters. The van der Waals surface area contributed by atoms with Gasteiger partial charge in [-0.2, -0.15) is 5.10 Å². The van der Waals surface area contributed by atoms with Gasteiger partial charge in [-0.1, -0.05) is 20.8 Å². The normalized spacial score (nSPS) is 22.8. The molecule has 2 rings (SSSR count). The summed E-state index contributed by atoms with van der Waals surface area (Å²) in [6, 6.07) is 4.56. The van der Waals surface area contributed by atoms with Crippen molar-refractivity contribution >= 4 is 5.82 Å². The Labute approximate surface area is 128 Å². The third-order valence-electron chi connectivity index (χ3n) is 3.80. The number of anilines is 1. The highest BCUT2D eigenvalue weighted by molar-refractivity contribution is 5.39. The van der Waals surface area contributed by atoms with Crippen molar-refractivity contribution in [1.82, 2.24) is 15.5 Å². The molecule has 1 aliphatic heterocycles. The highest BCUT2D eigenvalue weighted by Crippen LogP contribution is 2.21. The fourth-order valence-electron chi connectivity index (χ4n) is 2.55. The number of hydrogen-bond donors (Lipinski definition) is 1. The summed E-state index contributed by atoms with van der Waals surface area (Å²) >= 11 is 0. The van der Waals surface area contributed by atoms with Crippen LogP contribution in [0.5, 0.6) is 0 Å². The van der Waals surface area contributed by atoms with Crippen LogP contribution >= 0.6 is 0 Å². The Bertz CT molecular complexity index is 421. The van der Waals surface area contributed by atoms with Crippen LogP contribution in [0.25, 0.3) is 0 Å². The van der Waals surface area contributed by atoms with Gasteiger partial charge in [0.2, 0.25) is 0 Å². The first-order chi connectivity index (χ1) is 10.1. The van der Waals surface area contributed by atoms with Crippen molar-refractivity contribution in [2.75, 3.05) is 24.6 Å². The van der Waals surface area contributed by atoms with E-state index in [2.05, 4.69) is 60.2 Å². The smallest absolute Gasteiger partial charge is 0.151 e. The Morgan fingerprint density at radius 1 is 1.38 bits per heavy atom. The summed E-state index contributed by atoms with van der Waals surface area (Å²) in [6.07, 6.45) is 1.31. The Kier molecular flexibility index (Phi) is 5.94. The van der Waals surface area contributed by atoms with Gasteiger partial charge >= 0.3 is 0 Å². The minimum atomic E-state index is 0.252. The zero-order chi connectivity index (χ0) is 15.2. The molecule has 118 valence electrons. The van der Waals surface area contributed by atoms with Crippen molar-refractivity contribution < 1.29 is 4.74 Å². The van der Waals surface area contributed by atoms with Crippen LogP contribution < -0.4 is 10.2 Å². The summed E-state index contributed by atoms with van der Waals surface area (Å²) < 4.78 is 5.73. The van der Waals surface area contributed by atoms with Crippen LogP contribution in [0.3, 0.4) is 0 Å². The maximum Gasteiger partial charge on any atom is 0.151 e. The molecule has 21 heavy (non-hydrogen) atoms. The molecule has 5 nitrogen and oxygen atoms in total. The number of aromatic nitrogens is 2. The topological polar surface area (TPSA) is 50.3 Å². The number of nitrogens with zero attached hydrogens (tertiary/aromatic N) is 3. The van der Waals surface area contributed by atoms with E-state index in [-0.39, 0.29) is 6.10 Å². The van der Waals surface area contributed by atoms with Gasteiger partial charge in [-0.25, -0.2) is 0 Å². The lowest BCUT2D eigenvalue weighted by atomic mass is 10.1. The predicted octanol–water partition coefficient (Wildman–Crippen LogP) is 2.23. The van der Waals surface area contributed by atoms with Crippen LogP contribution in [-0.2, 0) is 11.3 Å². The second-order valence-electron chi connectivity index (χ2n) is 6.27. The van der Waals surface area contributed by atoms with Gasteiger partial charge < -0.3 is 15.0 Å². The van der Waals surface area contributed by atoms with Crippen LogP contribution in [-0.4, -0.2) is 42.0 Å². The Morgan fingerprint density at radius 2 is 2.19 bits per heavy atom. The zero-order valence-corrected chi connectivity index (χ0v) is 13.7. The van der Waals surface area contributed by atoms with Crippen LogP contribution in [0.4, 0.5) is 5.82 Å². The maximum absolute atomic E-state index is 5.73. The number of ether oxygens (including phenoxy) is 1. The molecule has 0 aliphatic carbocycles. The highest BCUT2D eigenvalue weighted by Gasteiger charge is 2.26. The standard InChI is InChI=1S/C16H28N4O/c1-5-15-11-21-13(4)10-20(15)16-7-6-14(18-19-16)9-17-8-12(2)3/h6-7,12-13,15,17H,5,8-11H2,1-4H3. The third-order valence-corrected chi connectivity index (χ3v) is 3.80. The minimum Gasteiger partial charge on any atom is -0.375 e. The summed E-state index contributed by atoms with van der Waals surface area (Å²) in [5, 5.41) is 12.2. The molecular weight excluding hydrogens is 264 g/mol. The molecule has 0 radical (unpaired) electrons. The van der Waals surface area contributed by atoms with Crippen molar-refractivity contribution in [2.45, 2.75) is 52.8 Å². The van der Waals surface area contributed by atoms with Crippen molar-refractivity contribution in [3.05, 3.63) is 17.8 Å². The average molecular weight is 292 g/mol. The van der Waals surface area contributed by atoms with Gasteiger partial charge in [-0.05, 0) is 37.9 Å². The largest absolute Gasteiger partial charge is 0.375 e. The molecule has 0 aromatic carbocycles. The lowest BCUT2D eigenvalue weighted by Crippen LogP contribution is -2.49. The van der Waals surface area contributed by atoms with Gasteiger partial charge in [0.05, 0.1) is 24.4 Å². The molecule has 0 saturated carbocycles. The lowest BCUT2D eigenvalue weighted by molar-refractivity contribution is 0.0295. The molecule has 0 amide bonds. The molecule has 1 aromatic heterocycles. The second-order valence-corrected chi connectivity index (χ2v) is 6.27. The van der Waals surface area contributed by atoms with Crippen LogP contribution in [0.2, 0.25) is 0 Å². The van der Waals surface area contributed by atoms with E-state index in [9.17, 15) is 0 Å². The van der Waals surface area contributed by atoms with E-state index in [4.69, 9.17) is 4.74 Å². The van der Waals surface area contributed by atoms with Crippen molar-refractivity contribution in [2.24, 2.45) is 5.92 Å². The molecule has 5 heteroatoms. The minimum absolute atomic E-state index is 0.252. The number of morpholine rings is 1. The van der Waals surface area contributed by atoms with E-state index in [1.807, 2.05) is 0 Å². The van der Waals surface area contributed by atoms with Crippen molar-refractivity contribution in [1.29, 1.82) is 0 Å². The van der Waals surface area contributed by atoms with E-state index in [1.54, 1.807) is 0 Å². The van der Waals surface area contributed by atoms with Gasteiger partial charge in [-0.3, -0.25) is 0 Å². The number of nitrogens with one attached hydrogen (secondary N) is 1. The average Bonchev–Trinajstić information content (AvgIpc) is 2.47. The van der Waals surface area contributed by atoms with E-state index in [0.717, 1.165) is 44.2 Å². The van der Waals surface area contributed by atoms with Gasteiger partial charge in [0, 0.05) is 13.1 Å². The van der Waals surface area contributed by atoms with E-state index in [0.29, 0.717) is 12.0 Å². The van der Waals surface area contributed by atoms with Gasteiger partial charge in [0.15, 0.2) is 5.82 Å². The molecular formula is C16H28N4O. The molecule has 2 atom stereocenters. The summed E-state index contributed by atoms with van der Waals surface area (Å²) in [7, 11) is 0. The molecule has 1 fully saturated rings. The summed E-state index contributed by atoms with van der Waals surface area (Å²) in [5.41, 5.74) is 0.994. The van der Waals surface area contributed by atoms with Crippen molar-refractivity contribution in [3.63, 3.8) is 0 Å². The first-order valence-electron chi connectivity index (χ1n) is 8.01. The Balaban J connectivity index is 1.96. The first kappa shape index (κ1) is 16.2. The Hall–Kier alpha value is -1.20. The molecule has 2 heterocycles. The summed E-state index contributed by atoms with van der Waals surface area (Å²) in [6.45, 7) is 12.1. The van der Waals surface area contributed by atoms with Crippen molar-refractivity contribution in [3.8, 4) is 0 Å². The van der Waals surface area contributed by atoms with E-state index in [1.165, 1.54) is 0 Å². The van der Waals surface area contributed by atoms with E-state index >= 15 is 0 Å². The number of hydrogen-bond acceptors (Lipinski definition) is 5. The van der Waals surface area contributed by atoms with Gasteiger partial charge in [0.25, 0.3) is 0 Å². The summed E-state index contributed by atoms with van der Waals surface area (Å²) in [5.74, 6) is 1.61. The first-order valence-corrected chi connectivity index (χ1v) is 8.01. The monoisotopic (exact) mass is 292 g/mol. The van der Waals surface area contributed by atoms with E-state index < -0.39 is 0 Å². The highest BCUT2D eigenvalue weighted by atomic mass is 16.5. The SMILES string of the molecule is CCC1COC(C)CN1c1ccc(CNCC(C)C)nn1. The quantitative estimate of drug-likeness (QED) is 0.871. The number of rotatable bonds is 6. The molecule has 0 spiro atoms. The molecule has 1 saturated heterocycles. The van der Waals surface area contributed by atoms with Crippen LogP contribution in [0, 0.1) is 5.92 Å². The second kappa shape index (κ2) is 7.71. The fourth-order valence-corrected chi connectivity index (χ4v) is 2.55. The molecule has 0 bridgehead atoms. The van der Waals surface area contributed by atoms with Gasteiger partial charge in [0.1, 0.15) is 0 Å². The van der Waals surface area contributed by atoms with Crippen LogP contribution in [0.15, 0.2) is 12.1 Å². The zero-order valence-electron chi connectivity index (χ0n) is 13.7. The van der Waals surface area contributed by atoms with Gasteiger partial charge in [-0.15, -0.1) is 5.10 Å². The fraction of sp³-hybridized carbons (Fsp3) is 0.750. The maximum atomic E-state index is 5.73. The lowest BCUT2D eigenvalue weighted by Gasteiger charge is -2.38. The molecule has 1 aliphatic rings. The van der Waals surface area contributed by atoms with Crippen LogP contribution in [0.1, 0.15) is 39.8 Å². The third kappa shape index (κ3) is 4.64.